The van der Waals surface area contributed by atoms with E-state index < -0.39 is 0 Å². The molecule has 0 aromatic heterocycles. The maximum Gasteiger partial charge on any atom is 0.0639 e. The van der Waals surface area contributed by atoms with Crippen LogP contribution in [0.5, 0.6) is 0 Å². The van der Waals surface area contributed by atoms with E-state index >= 15 is 0 Å². The van der Waals surface area contributed by atoms with E-state index in [1.165, 1.54) is 0 Å². The van der Waals surface area contributed by atoms with E-state index in [0.29, 0.717) is 10.0 Å². The van der Waals surface area contributed by atoms with Crippen molar-refractivity contribution in [2.45, 2.75) is 32.4 Å². The lowest BCUT2D eigenvalue weighted by Crippen LogP contribution is -2.54. The third-order valence-corrected chi connectivity index (χ3v) is 4.99. The molecule has 0 saturated carbocycles. The average molecular weight is 331 g/mol. The molecule has 1 fully saturated rings. The molecule has 118 valence electrons. The predicted octanol–water partition coefficient (Wildman–Crippen LogP) is 3.75. The second-order valence-electron chi connectivity index (χ2n) is 6.16. The van der Waals surface area contributed by atoms with E-state index in [1.807, 2.05) is 18.2 Å². The number of rotatable bonds is 5. The summed E-state index contributed by atoms with van der Waals surface area (Å²) in [7, 11) is 0. The van der Waals surface area contributed by atoms with Crippen molar-refractivity contribution in [3.63, 3.8) is 0 Å². The normalized spacial score (nSPS) is 18.7. The van der Waals surface area contributed by atoms with Gasteiger partial charge in [-0.1, -0.05) is 35.3 Å². The van der Waals surface area contributed by atoms with Crippen molar-refractivity contribution in [2.24, 2.45) is 0 Å². The quantitative estimate of drug-likeness (QED) is 0.889. The predicted molar refractivity (Wildman–Crippen MR) is 89.4 cm³/mol. The lowest BCUT2D eigenvalue weighted by Gasteiger charge is -2.41. The molecule has 0 aliphatic carbocycles. The second-order valence-corrected chi connectivity index (χ2v) is 6.94. The molecule has 1 atom stereocenters. The summed E-state index contributed by atoms with van der Waals surface area (Å²) in [6, 6.07) is 5.94. The number of nitrogens with one attached hydrogen (secondary N) is 1. The minimum atomic E-state index is 0.0864. The van der Waals surface area contributed by atoms with Crippen molar-refractivity contribution in [3.05, 3.63) is 33.8 Å². The molecule has 1 saturated heterocycles. The summed E-state index contributed by atoms with van der Waals surface area (Å²) in [5, 5.41) is 4.83. The van der Waals surface area contributed by atoms with Gasteiger partial charge in [0, 0.05) is 31.2 Å². The van der Waals surface area contributed by atoms with Gasteiger partial charge in [-0.2, -0.15) is 0 Å². The first-order valence-electron chi connectivity index (χ1n) is 7.42. The zero-order valence-corrected chi connectivity index (χ0v) is 14.5. The fraction of sp³-hybridized carbons (Fsp3) is 0.625. The Morgan fingerprint density at radius 3 is 2.62 bits per heavy atom. The highest BCUT2D eigenvalue weighted by molar-refractivity contribution is 6.42. The van der Waals surface area contributed by atoms with Gasteiger partial charge in [-0.25, -0.2) is 0 Å². The van der Waals surface area contributed by atoms with E-state index in [2.05, 4.69) is 31.0 Å². The monoisotopic (exact) mass is 330 g/mol. The minimum absolute atomic E-state index is 0.0864. The largest absolute Gasteiger partial charge is 0.379 e. The van der Waals surface area contributed by atoms with Gasteiger partial charge < -0.3 is 10.1 Å². The second kappa shape index (κ2) is 7.30. The van der Waals surface area contributed by atoms with Gasteiger partial charge >= 0.3 is 0 Å². The summed E-state index contributed by atoms with van der Waals surface area (Å²) in [5.74, 6) is 0. The molecule has 1 aliphatic heterocycles. The molecule has 0 amide bonds. The molecule has 1 aromatic carbocycles. The molecule has 0 spiro atoms. The van der Waals surface area contributed by atoms with Crippen molar-refractivity contribution in [3.8, 4) is 0 Å². The Morgan fingerprint density at radius 1 is 1.29 bits per heavy atom. The first-order chi connectivity index (χ1) is 9.92. The van der Waals surface area contributed by atoms with Crippen LogP contribution in [-0.2, 0) is 4.74 Å². The van der Waals surface area contributed by atoms with Crippen LogP contribution in [0.3, 0.4) is 0 Å². The van der Waals surface area contributed by atoms with Crippen molar-refractivity contribution >= 4 is 23.2 Å². The highest BCUT2D eigenvalue weighted by atomic mass is 35.5. The Balaban J connectivity index is 1.96. The Kier molecular flexibility index (Phi) is 5.92. The van der Waals surface area contributed by atoms with Crippen LogP contribution in [-0.4, -0.2) is 43.3 Å². The first kappa shape index (κ1) is 17.0. The van der Waals surface area contributed by atoms with E-state index in [4.69, 9.17) is 27.9 Å². The molecule has 3 nitrogen and oxygen atoms in total. The lowest BCUT2D eigenvalue weighted by molar-refractivity contribution is -0.0102. The van der Waals surface area contributed by atoms with Gasteiger partial charge in [0.1, 0.15) is 0 Å². The maximum absolute atomic E-state index is 6.29. The number of benzene rings is 1. The van der Waals surface area contributed by atoms with Gasteiger partial charge in [-0.05, 0) is 32.4 Å². The molecule has 1 heterocycles. The van der Waals surface area contributed by atoms with Crippen molar-refractivity contribution in [2.75, 3.05) is 32.8 Å². The third-order valence-electron chi connectivity index (χ3n) is 4.16. The number of morpholine rings is 1. The van der Waals surface area contributed by atoms with Crippen LogP contribution in [0, 0.1) is 0 Å². The highest BCUT2D eigenvalue weighted by Crippen LogP contribution is 2.30. The SMILES string of the molecule is CC(NCC(C)(C)N1CCOCC1)c1cccc(Cl)c1Cl. The van der Waals surface area contributed by atoms with Gasteiger partial charge in [-0.3, -0.25) is 4.90 Å². The number of ether oxygens (including phenoxy) is 1. The molecular weight excluding hydrogens is 307 g/mol. The fourth-order valence-corrected chi connectivity index (χ4v) is 3.12. The van der Waals surface area contributed by atoms with E-state index in [0.717, 1.165) is 38.4 Å². The lowest BCUT2D eigenvalue weighted by atomic mass is 10.0. The molecule has 0 radical (unpaired) electrons. The van der Waals surface area contributed by atoms with Crippen molar-refractivity contribution in [1.29, 1.82) is 0 Å². The molecule has 1 aromatic rings. The molecule has 21 heavy (non-hydrogen) atoms. The molecule has 5 heteroatoms. The van der Waals surface area contributed by atoms with E-state index in [9.17, 15) is 0 Å². The Bertz CT molecular complexity index is 473. The molecule has 0 bridgehead atoms. The molecule has 1 N–H and O–H groups in total. The Morgan fingerprint density at radius 2 is 1.95 bits per heavy atom. The summed E-state index contributed by atoms with van der Waals surface area (Å²) in [6.45, 7) is 11.1. The van der Waals surface area contributed by atoms with Gasteiger partial charge in [0.25, 0.3) is 0 Å². The van der Waals surface area contributed by atoms with Crippen LogP contribution in [0.4, 0.5) is 0 Å². The molecule has 1 aliphatic rings. The fourth-order valence-electron chi connectivity index (χ4n) is 2.65. The van der Waals surface area contributed by atoms with Crippen molar-refractivity contribution < 1.29 is 4.74 Å². The third kappa shape index (κ3) is 4.33. The number of halogens is 2. The number of hydrogen-bond donors (Lipinski definition) is 1. The Hall–Kier alpha value is -0.320. The number of hydrogen-bond acceptors (Lipinski definition) is 3. The summed E-state index contributed by atoms with van der Waals surface area (Å²) < 4.78 is 5.42. The van der Waals surface area contributed by atoms with E-state index in [-0.39, 0.29) is 11.6 Å². The minimum Gasteiger partial charge on any atom is -0.379 e. The van der Waals surface area contributed by atoms with Crippen LogP contribution in [0.2, 0.25) is 10.0 Å². The molecular formula is C16H24Cl2N2O. The molecule has 2 rings (SSSR count). The summed E-state index contributed by atoms with van der Waals surface area (Å²) in [6.07, 6.45) is 0. The summed E-state index contributed by atoms with van der Waals surface area (Å²) in [5.41, 5.74) is 1.13. The zero-order chi connectivity index (χ0) is 15.5. The Labute approximate surface area is 137 Å². The van der Waals surface area contributed by atoms with Gasteiger partial charge in [0.05, 0.1) is 23.3 Å². The van der Waals surface area contributed by atoms with Gasteiger partial charge in [0.15, 0.2) is 0 Å². The summed E-state index contributed by atoms with van der Waals surface area (Å²) >= 11 is 12.4. The standard InChI is InChI=1S/C16H24Cl2N2O/c1-12(13-5-4-6-14(17)15(13)18)19-11-16(2,3)20-7-9-21-10-8-20/h4-6,12,19H,7-11H2,1-3H3. The van der Waals surface area contributed by atoms with Crippen molar-refractivity contribution in [1.82, 2.24) is 10.2 Å². The van der Waals surface area contributed by atoms with Crippen LogP contribution < -0.4 is 5.32 Å². The first-order valence-corrected chi connectivity index (χ1v) is 8.17. The number of nitrogens with zero attached hydrogens (tertiary/aromatic N) is 1. The van der Waals surface area contributed by atoms with E-state index in [1.54, 1.807) is 0 Å². The van der Waals surface area contributed by atoms with Gasteiger partial charge in [-0.15, -0.1) is 0 Å². The molecule has 1 unspecified atom stereocenters. The maximum atomic E-state index is 6.29. The smallest absolute Gasteiger partial charge is 0.0639 e. The average Bonchev–Trinajstić information content (AvgIpc) is 2.49. The van der Waals surface area contributed by atoms with Gasteiger partial charge in [0.2, 0.25) is 0 Å². The van der Waals surface area contributed by atoms with Crippen LogP contribution in [0.25, 0.3) is 0 Å². The highest BCUT2D eigenvalue weighted by Gasteiger charge is 2.28. The van der Waals surface area contributed by atoms with Crippen LogP contribution in [0.1, 0.15) is 32.4 Å². The topological polar surface area (TPSA) is 24.5 Å². The van der Waals surface area contributed by atoms with Crippen LogP contribution >= 0.6 is 23.2 Å². The van der Waals surface area contributed by atoms with Crippen LogP contribution in [0.15, 0.2) is 18.2 Å². The summed E-state index contributed by atoms with van der Waals surface area (Å²) in [4.78, 5) is 2.47. The zero-order valence-electron chi connectivity index (χ0n) is 13.0.